The fraction of sp³-hybridized carbons (Fsp3) is 0.222. The lowest BCUT2D eigenvalue weighted by Crippen LogP contribution is -2.21. The van der Waals surface area contributed by atoms with Gasteiger partial charge in [0.05, 0.1) is 17.0 Å². The van der Waals surface area contributed by atoms with E-state index in [2.05, 4.69) is 32.0 Å². The van der Waals surface area contributed by atoms with Crippen molar-refractivity contribution in [1.29, 1.82) is 0 Å². The zero-order chi connectivity index (χ0) is 17.6. The molecule has 0 fully saturated rings. The van der Waals surface area contributed by atoms with E-state index in [4.69, 9.17) is 0 Å². The molecule has 0 atom stereocenters. The van der Waals surface area contributed by atoms with Crippen molar-refractivity contribution in [3.05, 3.63) is 53.9 Å². The van der Waals surface area contributed by atoms with Crippen molar-refractivity contribution in [1.82, 2.24) is 15.0 Å². The summed E-state index contributed by atoms with van der Waals surface area (Å²) < 4.78 is 38.9. The summed E-state index contributed by atoms with van der Waals surface area (Å²) in [6, 6.07) is 6.99. The fourth-order valence-corrected chi connectivity index (χ4v) is 2.99. The third-order valence-corrected chi connectivity index (χ3v) is 4.17. The normalized spacial score (nSPS) is 13.6. The van der Waals surface area contributed by atoms with E-state index < -0.39 is 11.7 Å². The van der Waals surface area contributed by atoms with E-state index in [0.29, 0.717) is 17.0 Å². The van der Waals surface area contributed by atoms with Gasteiger partial charge in [0, 0.05) is 18.7 Å². The van der Waals surface area contributed by atoms with E-state index in [0.717, 1.165) is 42.6 Å². The van der Waals surface area contributed by atoms with Crippen molar-refractivity contribution in [3.63, 3.8) is 0 Å². The van der Waals surface area contributed by atoms with Gasteiger partial charge in [-0.1, -0.05) is 24.3 Å². The number of halogens is 4. The van der Waals surface area contributed by atoms with Gasteiger partial charge in [0.1, 0.15) is 11.5 Å². The fourth-order valence-electron chi connectivity index (χ4n) is 2.99. The van der Waals surface area contributed by atoms with Gasteiger partial charge in [-0.25, -0.2) is 9.97 Å². The number of rotatable bonds is 2. The molecule has 0 aliphatic carbocycles. The average Bonchev–Trinajstić information content (AvgIpc) is 3.23. The number of nitrogens with zero attached hydrogens (tertiary/aromatic N) is 3. The van der Waals surface area contributed by atoms with E-state index in [1.807, 2.05) is 6.92 Å². The number of hydrogen-bond donors (Lipinski definition) is 1. The summed E-state index contributed by atoms with van der Waals surface area (Å²) in [5, 5.41) is 0. The molecule has 1 aromatic rings. The standard InChI is InChI=1S/C18H15F3N4.ClH.H2O/c1-11-22-15-10-14(12-5-4-6-13(9-12)18(19,20)21)24-16(15)17(23-11)25-7-2-3-8-25;;/h2-6,9-10H,7-8H2,1H3,(H,22,23);1H;1H2. The number of benzene rings is 1. The molecule has 1 aromatic carbocycles. The molecule has 3 heterocycles. The first-order valence-electron chi connectivity index (χ1n) is 7.87. The van der Waals surface area contributed by atoms with E-state index >= 15 is 0 Å². The molecule has 5 nitrogen and oxygen atoms in total. The highest BCUT2D eigenvalue weighted by Crippen LogP contribution is 2.36. The Morgan fingerprint density at radius 2 is 1.78 bits per heavy atom. The quantitative estimate of drug-likeness (QED) is 0.665. The minimum absolute atomic E-state index is 0. The van der Waals surface area contributed by atoms with Crippen molar-refractivity contribution >= 4 is 18.2 Å². The maximum absolute atomic E-state index is 13.0. The molecular formula is C18H18ClF3N4O. The minimum atomic E-state index is -4.38. The van der Waals surface area contributed by atoms with E-state index in [1.165, 1.54) is 6.07 Å². The molecule has 0 unspecified atom stereocenters. The highest BCUT2D eigenvalue weighted by molar-refractivity contribution is 5.85. The van der Waals surface area contributed by atoms with Gasteiger partial charge in [0.2, 0.25) is 0 Å². The van der Waals surface area contributed by atoms with Crippen LogP contribution in [0.15, 0.2) is 42.5 Å². The highest BCUT2D eigenvalue weighted by Gasteiger charge is 2.31. The molecule has 0 spiro atoms. The van der Waals surface area contributed by atoms with Crippen LogP contribution in [0, 0.1) is 6.92 Å². The van der Waals surface area contributed by atoms with Gasteiger partial charge in [-0.15, -0.1) is 12.4 Å². The molecule has 3 aliphatic heterocycles. The Morgan fingerprint density at radius 3 is 2.44 bits per heavy atom. The van der Waals surface area contributed by atoms with Gasteiger partial charge >= 0.3 is 6.18 Å². The molecule has 27 heavy (non-hydrogen) atoms. The highest BCUT2D eigenvalue weighted by atomic mass is 35.5. The second-order valence-electron chi connectivity index (χ2n) is 6.00. The summed E-state index contributed by atoms with van der Waals surface area (Å²) in [4.78, 5) is 14.3. The Labute approximate surface area is 160 Å². The van der Waals surface area contributed by atoms with Gasteiger partial charge < -0.3 is 15.4 Å². The summed E-state index contributed by atoms with van der Waals surface area (Å²) in [6.07, 6.45) is -0.273. The average molecular weight is 399 g/mol. The van der Waals surface area contributed by atoms with Crippen LogP contribution in [0.4, 0.5) is 19.0 Å². The van der Waals surface area contributed by atoms with Crippen LogP contribution in [0.1, 0.15) is 11.4 Å². The number of hydrogen-bond acceptors (Lipinski definition) is 3. The molecule has 4 rings (SSSR count). The van der Waals surface area contributed by atoms with Crippen LogP contribution < -0.4 is 4.90 Å². The maximum atomic E-state index is 13.0. The lowest BCUT2D eigenvalue weighted by atomic mass is 10.1. The number of fused-ring (bicyclic) bond motifs is 1. The number of nitrogens with one attached hydrogen (secondary N) is 1. The van der Waals surface area contributed by atoms with Gasteiger partial charge in [0.15, 0.2) is 5.82 Å². The SMILES string of the molecule is Cc1nc(N2CC=CC2)c2nc(-c3cccc(C(F)(F)F)c3)cc-2[nH]1.Cl.O. The molecule has 0 aromatic heterocycles. The molecule has 0 saturated heterocycles. The summed E-state index contributed by atoms with van der Waals surface area (Å²) >= 11 is 0. The van der Waals surface area contributed by atoms with Crippen LogP contribution in [0.5, 0.6) is 0 Å². The van der Waals surface area contributed by atoms with E-state index in [9.17, 15) is 13.2 Å². The van der Waals surface area contributed by atoms with Gasteiger partial charge in [-0.3, -0.25) is 0 Å². The van der Waals surface area contributed by atoms with Crippen LogP contribution in [0.25, 0.3) is 22.6 Å². The first kappa shape index (κ1) is 20.7. The predicted octanol–water partition coefficient (Wildman–Crippen LogP) is 3.88. The lowest BCUT2D eigenvalue weighted by molar-refractivity contribution is -0.137. The number of aromatic amines is 1. The lowest BCUT2D eigenvalue weighted by Gasteiger charge is -2.19. The smallest absolute Gasteiger partial charge is 0.412 e. The van der Waals surface area contributed by atoms with Crippen LogP contribution in [0.2, 0.25) is 0 Å². The van der Waals surface area contributed by atoms with Gasteiger partial charge in [-0.05, 0) is 25.1 Å². The molecule has 0 amide bonds. The topological polar surface area (TPSA) is 76.3 Å². The first-order valence-corrected chi connectivity index (χ1v) is 7.87. The van der Waals surface area contributed by atoms with Crippen LogP contribution in [-0.4, -0.2) is 33.5 Å². The molecule has 9 heteroatoms. The van der Waals surface area contributed by atoms with Gasteiger partial charge in [-0.2, -0.15) is 13.2 Å². The third kappa shape index (κ3) is 3.91. The zero-order valence-electron chi connectivity index (χ0n) is 14.3. The van der Waals surface area contributed by atoms with Crippen molar-refractivity contribution in [2.75, 3.05) is 18.0 Å². The van der Waals surface area contributed by atoms with Gasteiger partial charge in [0.25, 0.3) is 0 Å². The molecule has 144 valence electrons. The Kier molecular flexibility index (Phi) is 5.82. The number of alkyl halides is 3. The predicted molar refractivity (Wildman–Crippen MR) is 100 cm³/mol. The summed E-state index contributed by atoms with van der Waals surface area (Å²) in [7, 11) is 0. The molecule has 3 N–H and O–H groups in total. The second-order valence-corrected chi connectivity index (χ2v) is 6.00. The molecule has 0 bridgehead atoms. The van der Waals surface area contributed by atoms with Crippen LogP contribution >= 0.6 is 12.4 Å². The number of H-pyrrole nitrogens is 1. The Morgan fingerprint density at radius 1 is 1.07 bits per heavy atom. The monoisotopic (exact) mass is 398 g/mol. The van der Waals surface area contributed by atoms with Crippen molar-refractivity contribution in [3.8, 4) is 22.6 Å². The van der Waals surface area contributed by atoms with Crippen molar-refractivity contribution < 1.29 is 18.6 Å². The third-order valence-electron chi connectivity index (χ3n) is 4.17. The minimum Gasteiger partial charge on any atom is -0.412 e. The maximum Gasteiger partial charge on any atom is 0.416 e. The Hall–Kier alpha value is -2.58. The molecule has 3 aliphatic rings. The number of aromatic nitrogens is 3. The van der Waals surface area contributed by atoms with E-state index in [-0.39, 0.29) is 17.9 Å². The molecule has 0 radical (unpaired) electrons. The summed E-state index contributed by atoms with van der Waals surface area (Å²) in [5.41, 5.74) is 1.68. The largest absolute Gasteiger partial charge is 0.416 e. The second kappa shape index (κ2) is 7.58. The van der Waals surface area contributed by atoms with Crippen LogP contribution in [0.3, 0.4) is 0 Å². The first-order chi connectivity index (χ1) is 11.9. The Balaban J connectivity index is 0.00000131. The Bertz CT molecular complexity index is 931. The van der Waals surface area contributed by atoms with Crippen molar-refractivity contribution in [2.45, 2.75) is 13.1 Å². The summed E-state index contributed by atoms with van der Waals surface area (Å²) in [5.74, 6) is 1.48. The van der Waals surface area contributed by atoms with Crippen molar-refractivity contribution in [2.24, 2.45) is 0 Å². The zero-order valence-corrected chi connectivity index (χ0v) is 15.2. The molecule has 0 saturated carbocycles. The number of aryl methyl sites for hydroxylation is 1. The summed E-state index contributed by atoms with van der Waals surface area (Å²) in [6.45, 7) is 3.35. The van der Waals surface area contributed by atoms with Crippen LogP contribution in [-0.2, 0) is 6.18 Å². The molecular weight excluding hydrogens is 381 g/mol. The van der Waals surface area contributed by atoms with E-state index in [1.54, 1.807) is 12.1 Å². The number of anilines is 1.